The first kappa shape index (κ1) is 20.8. The Morgan fingerprint density at radius 1 is 1.23 bits per heavy atom. The third-order valence-corrected chi connectivity index (χ3v) is 3.70. The predicted molar refractivity (Wildman–Crippen MR) is 90.7 cm³/mol. The molecule has 140 valence electrons. The van der Waals surface area contributed by atoms with Gasteiger partial charge in [0, 0.05) is 12.3 Å². The van der Waals surface area contributed by atoms with Gasteiger partial charge < -0.3 is 25.2 Å². The smallest absolute Gasteiger partial charge is 0.335 e. The van der Waals surface area contributed by atoms with Gasteiger partial charge >= 0.3 is 11.9 Å². The molecule has 1 rings (SSSR count). The van der Waals surface area contributed by atoms with Crippen molar-refractivity contribution in [1.29, 1.82) is 0 Å². The van der Waals surface area contributed by atoms with Crippen LogP contribution >= 0.6 is 0 Å². The van der Waals surface area contributed by atoms with Gasteiger partial charge in [-0.05, 0) is 30.2 Å². The summed E-state index contributed by atoms with van der Waals surface area (Å²) in [7, 11) is 0. The molecule has 0 aliphatic heterocycles. The average molecular weight is 364 g/mol. The Morgan fingerprint density at radius 3 is 2.42 bits per heavy atom. The number of esters is 1. The van der Waals surface area contributed by atoms with Crippen LogP contribution in [0.2, 0.25) is 0 Å². The topological polar surface area (TPSA) is 141 Å². The number of hydrogen-bond donors (Lipinski definition) is 4. The van der Waals surface area contributed by atoms with E-state index in [1.165, 1.54) is 25.1 Å². The van der Waals surface area contributed by atoms with Crippen molar-refractivity contribution in [2.75, 3.05) is 6.61 Å². The Labute approximate surface area is 149 Å². The maximum atomic E-state index is 12.0. The van der Waals surface area contributed by atoms with Crippen molar-refractivity contribution in [3.05, 3.63) is 47.2 Å². The Bertz CT molecular complexity index is 733. The predicted octanol–water partition coefficient (Wildman–Crippen LogP) is 1.86. The molecular formula is C18H20O8. The van der Waals surface area contributed by atoms with Crippen LogP contribution < -0.4 is 0 Å². The van der Waals surface area contributed by atoms with E-state index in [-0.39, 0.29) is 30.1 Å². The van der Waals surface area contributed by atoms with E-state index >= 15 is 0 Å². The fourth-order valence-corrected chi connectivity index (χ4v) is 2.29. The van der Waals surface area contributed by atoms with Gasteiger partial charge in [0.15, 0.2) is 11.5 Å². The number of aliphatic carboxylic acids is 1. The summed E-state index contributed by atoms with van der Waals surface area (Å²) in [6, 6.07) is 4.18. The summed E-state index contributed by atoms with van der Waals surface area (Å²) in [4.78, 5) is 34.3. The quantitative estimate of drug-likeness (QED) is 0.171. The molecule has 0 bridgehead atoms. The molecule has 26 heavy (non-hydrogen) atoms. The highest BCUT2D eigenvalue weighted by Crippen LogP contribution is 2.26. The van der Waals surface area contributed by atoms with Crippen LogP contribution in [0.1, 0.15) is 18.9 Å². The molecule has 0 saturated carbocycles. The number of aliphatic hydroxyl groups excluding tert-OH is 1. The van der Waals surface area contributed by atoms with Crippen molar-refractivity contribution >= 4 is 18.2 Å². The third kappa shape index (κ3) is 5.66. The van der Waals surface area contributed by atoms with Crippen molar-refractivity contribution < 1.29 is 39.5 Å². The highest BCUT2D eigenvalue weighted by molar-refractivity contribution is 5.91. The molecule has 8 nitrogen and oxygen atoms in total. The molecule has 1 aromatic rings. The highest BCUT2D eigenvalue weighted by Gasteiger charge is 2.27. The van der Waals surface area contributed by atoms with Crippen molar-refractivity contribution in [3.8, 4) is 11.5 Å². The Morgan fingerprint density at radius 2 is 1.92 bits per heavy atom. The van der Waals surface area contributed by atoms with Gasteiger partial charge in [0.25, 0.3) is 0 Å². The monoisotopic (exact) mass is 364 g/mol. The number of carboxylic acid groups (broad SMARTS) is 1. The lowest BCUT2D eigenvalue weighted by molar-refractivity contribution is -0.144. The van der Waals surface area contributed by atoms with Gasteiger partial charge in [0.1, 0.15) is 6.29 Å². The lowest BCUT2D eigenvalue weighted by atomic mass is 9.89. The van der Waals surface area contributed by atoms with E-state index in [9.17, 15) is 24.6 Å². The standard InChI is InChI=1S/C18H20O8/c1-2-12(9-19)13(14(10-20)18(24)25)8-17(23)26-6-5-11-3-4-15(21)16(22)7-11/h2-4,7,9-10,13,20-22H,5-6,8H2,1H3,(H,24,25)/b12-2-,14-10-/t13-/m1/s1. The molecule has 4 N–H and O–H groups in total. The molecular weight excluding hydrogens is 344 g/mol. The lowest BCUT2D eigenvalue weighted by Gasteiger charge is -2.16. The van der Waals surface area contributed by atoms with Crippen LogP contribution in [0.15, 0.2) is 41.7 Å². The van der Waals surface area contributed by atoms with E-state index in [0.29, 0.717) is 18.1 Å². The summed E-state index contributed by atoms with van der Waals surface area (Å²) in [6.45, 7) is 1.46. The molecule has 0 aliphatic carbocycles. The molecule has 0 spiro atoms. The first-order valence-electron chi connectivity index (χ1n) is 7.69. The molecule has 0 amide bonds. The number of carbonyl (C=O) groups excluding carboxylic acids is 2. The normalized spacial score (nSPS) is 13.1. The minimum absolute atomic E-state index is 0.0353. The largest absolute Gasteiger partial charge is 0.515 e. The van der Waals surface area contributed by atoms with Gasteiger partial charge in [-0.2, -0.15) is 0 Å². The SMILES string of the molecule is C/C=C(/C=O)[C@@H](CC(=O)OCCc1ccc(O)c(O)c1)/C(=C/O)C(=O)O. The maximum absolute atomic E-state index is 12.0. The van der Waals surface area contributed by atoms with Gasteiger partial charge in [-0.1, -0.05) is 12.1 Å². The molecule has 1 atom stereocenters. The van der Waals surface area contributed by atoms with Crippen LogP contribution in [0, 0.1) is 5.92 Å². The zero-order chi connectivity index (χ0) is 19.7. The minimum Gasteiger partial charge on any atom is -0.515 e. The van der Waals surface area contributed by atoms with Crippen molar-refractivity contribution in [2.24, 2.45) is 5.92 Å². The number of aldehydes is 1. The zero-order valence-corrected chi connectivity index (χ0v) is 14.1. The summed E-state index contributed by atoms with van der Waals surface area (Å²) in [5, 5.41) is 36.8. The highest BCUT2D eigenvalue weighted by atomic mass is 16.5. The number of ether oxygens (including phenoxy) is 1. The van der Waals surface area contributed by atoms with Crippen LogP contribution in [-0.4, -0.2) is 45.3 Å². The summed E-state index contributed by atoms with van der Waals surface area (Å²) in [5.41, 5.74) is 0.159. The maximum Gasteiger partial charge on any atom is 0.335 e. The fraction of sp³-hybridized carbons (Fsp3) is 0.278. The summed E-state index contributed by atoms with van der Waals surface area (Å²) in [5.74, 6) is -3.90. The zero-order valence-electron chi connectivity index (χ0n) is 14.1. The van der Waals surface area contributed by atoms with Crippen molar-refractivity contribution in [2.45, 2.75) is 19.8 Å². The summed E-state index contributed by atoms with van der Waals surface area (Å²) >= 11 is 0. The molecule has 0 fully saturated rings. The Hall–Kier alpha value is -3.29. The third-order valence-electron chi connectivity index (χ3n) is 3.70. The number of aromatic hydroxyl groups is 2. The number of aliphatic hydroxyl groups is 1. The van der Waals surface area contributed by atoms with E-state index in [2.05, 4.69) is 0 Å². The number of phenols is 2. The number of benzene rings is 1. The number of carboxylic acids is 1. The molecule has 0 aliphatic rings. The average Bonchev–Trinajstić information content (AvgIpc) is 2.59. The van der Waals surface area contributed by atoms with Gasteiger partial charge in [-0.15, -0.1) is 0 Å². The van der Waals surface area contributed by atoms with Gasteiger partial charge in [-0.3, -0.25) is 9.59 Å². The number of carbonyl (C=O) groups is 3. The second kappa shape index (κ2) is 9.87. The number of rotatable bonds is 9. The second-order valence-corrected chi connectivity index (χ2v) is 5.35. The number of hydrogen-bond acceptors (Lipinski definition) is 7. The Kier molecular flexibility index (Phi) is 7.88. The first-order chi connectivity index (χ1) is 12.3. The molecule has 0 saturated heterocycles. The van der Waals surface area contributed by atoms with E-state index in [1.54, 1.807) is 6.07 Å². The second-order valence-electron chi connectivity index (χ2n) is 5.35. The Balaban J connectivity index is 2.73. The lowest BCUT2D eigenvalue weighted by Crippen LogP contribution is -2.21. The van der Waals surface area contributed by atoms with Gasteiger partial charge in [0.05, 0.1) is 24.9 Å². The van der Waals surface area contributed by atoms with Crippen LogP contribution in [0.4, 0.5) is 0 Å². The molecule has 0 radical (unpaired) electrons. The number of allylic oxidation sites excluding steroid dienone is 2. The van der Waals surface area contributed by atoms with Gasteiger partial charge in [0.2, 0.25) is 0 Å². The van der Waals surface area contributed by atoms with Crippen LogP contribution in [0.25, 0.3) is 0 Å². The number of phenolic OH excluding ortho intramolecular Hbond substituents is 2. The summed E-state index contributed by atoms with van der Waals surface area (Å²) < 4.78 is 5.03. The van der Waals surface area contributed by atoms with E-state index in [0.717, 1.165) is 0 Å². The molecule has 0 heterocycles. The first-order valence-corrected chi connectivity index (χ1v) is 7.69. The summed E-state index contributed by atoms with van der Waals surface area (Å²) in [6.07, 6.45) is 1.96. The van der Waals surface area contributed by atoms with E-state index in [4.69, 9.17) is 14.9 Å². The van der Waals surface area contributed by atoms with Crippen molar-refractivity contribution in [1.82, 2.24) is 0 Å². The van der Waals surface area contributed by atoms with E-state index < -0.39 is 29.9 Å². The van der Waals surface area contributed by atoms with Crippen LogP contribution in [-0.2, 0) is 25.5 Å². The minimum atomic E-state index is -1.45. The van der Waals surface area contributed by atoms with Gasteiger partial charge in [-0.25, -0.2) is 4.79 Å². The molecule has 0 aromatic heterocycles. The van der Waals surface area contributed by atoms with Crippen LogP contribution in [0.5, 0.6) is 11.5 Å². The molecule has 8 heteroatoms. The van der Waals surface area contributed by atoms with Crippen molar-refractivity contribution in [3.63, 3.8) is 0 Å². The molecule has 1 aromatic carbocycles. The van der Waals surface area contributed by atoms with Crippen LogP contribution in [0.3, 0.4) is 0 Å². The van der Waals surface area contributed by atoms with E-state index in [1.807, 2.05) is 0 Å². The molecule has 0 unspecified atom stereocenters. The fourth-order valence-electron chi connectivity index (χ4n) is 2.29.